The molecule has 100 valence electrons. The van der Waals surface area contributed by atoms with Gasteiger partial charge in [-0.15, -0.1) is 0 Å². The summed E-state index contributed by atoms with van der Waals surface area (Å²) < 4.78 is 27.8. The van der Waals surface area contributed by atoms with Crippen LogP contribution in [0.25, 0.3) is 0 Å². The zero-order chi connectivity index (χ0) is 13.8. The van der Waals surface area contributed by atoms with Crippen molar-refractivity contribution in [2.24, 2.45) is 5.84 Å². The Bertz CT molecular complexity index is 565. The van der Waals surface area contributed by atoms with Crippen molar-refractivity contribution in [3.8, 4) is 0 Å². The van der Waals surface area contributed by atoms with E-state index < -0.39 is 17.7 Å². The van der Waals surface area contributed by atoms with E-state index in [9.17, 15) is 8.78 Å². The van der Waals surface area contributed by atoms with E-state index >= 15 is 0 Å². The minimum atomic E-state index is -0.630. The van der Waals surface area contributed by atoms with Gasteiger partial charge in [0, 0.05) is 18.2 Å². The molecular weight excluding hydrogens is 318 g/mol. The Hall–Kier alpha value is -1.44. The van der Waals surface area contributed by atoms with Crippen molar-refractivity contribution in [3.63, 3.8) is 0 Å². The van der Waals surface area contributed by atoms with Crippen LogP contribution in [0.3, 0.4) is 0 Å². The molecule has 0 aliphatic carbocycles. The number of rotatable bonds is 4. The van der Waals surface area contributed by atoms with Crippen LogP contribution in [0.1, 0.15) is 17.3 Å². The van der Waals surface area contributed by atoms with Crippen LogP contribution < -0.4 is 11.3 Å². The molecule has 0 fully saturated rings. The van der Waals surface area contributed by atoms with Gasteiger partial charge in [-0.3, -0.25) is 11.3 Å². The van der Waals surface area contributed by atoms with Gasteiger partial charge in [0.2, 0.25) is 0 Å². The summed E-state index contributed by atoms with van der Waals surface area (Å²) in [6, 6.07) is 3.67. The highest BCUT2D eigenvalue weighted by molar-refractivity contribution is 9.10. The predicted octanol–water partition coefficient (Wildman–Crippen LogP) is 2.26. The molecule has 7 heteroatoms. The molecule has 0 amide bonds. The lowest BCUT2D eigenvalue weighted by Gasteiger charge is -2.16. The lowest BCUT2D eigenvalue weighted by atomic mass is 10.0. The predicted molar refractivity (Wildman–Crippen MR) is 69.9 cm³/mol. The fraction of sp³-hybridized carbons (Fsp3) is 0.167. The Labute approximate surface area is 117 Å². The van der Waals surface area contributed by atoms with E-state index in [4.69, 9.17) is 5.84 Å². The monoisotopic (exact) mass is 328 g/mol. The lowest BCUT2D eigenvalue weighted by molar-refractivity contribution is 0.490. The zero-order valence-electron chi connectivity index (χ0n) is 9.78. The van der Waals surface area contributed by atoms with Crippen molar-refractivity contribution in [1.29, 1.82) is 0 Å². The first-order valence-electron chi connectivity index (χ1n) is 5.48. The molecular formula is C12H11BrF2N4. The Kier molecular flexibility index (Phi) is 4.52. The van der Waals surface area contributed by atoms with Crippen LogP contribution in [0.4, 0.5) is 8.78 Å². The molecule has 0 bridgehead atoms. The number of hydrogen-bond donors (Lipinski definition) is 2. The fourth-order valence-corrected chi connectivity index (χ4v) is 2.09. The summed E-state index contributed by atoms with van der Waals surface area (Å²) in [5.41, 5.74) is 3.02. The number of hydrogen-bond acceptors (Lipinski definition) is 4. The van der Waals surface area contributed by atoms with Crippen LogP contribution in [0.5, 0.6) is 0 Å². The summed E-state index contributed by atoms with van der Waals surface area (Å²) in [5.74, 6) is 4.18. The first-order valence-corrected chi connectivity index (χ1v) is 6.27. The first-order chi connectivity index (χ1) is 9.13. The van der Waals surface area contributed by atoms with E-state index in [0.717, 1.165) is 0 Å². The van der Waals surface area contributed by atoms with Crippen molar-refractivity contribution < 1.29 is 8.78 Å². The minimum Gasteiger partial charge on any atom is -0.271 e. The molecule has 0 saturated carbocycles. The summed E-state index contributed by atoms with van der Waals surface area (Å²) in [5, 5.41) is 0. The molecule has 2 aromatic rings. The average molecular weight is 329 g/mol. The van der Waals surface area contributed by atoms with Crippen LogP contribution in [-0.2, 0) is 6.42 Å². The summed E-state index contributed by atoms with van der Waals surface area (Å²) in [6.07, 6.45) is 2.94. The van der Waals surface area contributed by atoms with Gasteiger partial charge < -0.3 is 0 Å². The van der Waals surface area contributed by atoms with Crippen LogP contribution in [0.2, 0.25) is 0 Å². The summed E-state index contributed by atoms with van der Waals surface area (Å²) in [6.45, 7) is 0. The lowest BCUT2D eigenvalue weighted by Crippen LogP contribution is -2.30. The quantitative estimate of drug-likeness (QED) is 0.513. The van der Waals surface area contributed by atoms with Crippen molar-refractivity contribution in [3.05, 3.63) is 58.1 Å². The van der Waals surface area contributed by atoms with Gasteiger partial charge in [-0.25, -0.2) is 18.7 Å². The maximum atomic E-state index is 13.9. The van der Waals surface area contributed by atoms with E-state index in [1.807, 2.05) is 0 Å². The Morgan fingerprint density at radius 1 is 1.32 bits per heavy atom. The van der Waals surface area contributed by atoms with Crippen LogP contribution >= 0.6 is 15.9 Å². The summed E-state index contributed by atoms with van der Waals surface area (Å²) >= 11 is 3.03. The van der Waals surface area contributed by atoms with Gasteiger partial charge in [-0.1, -0.05) is 0 Å². The number of benzene rings is 1. The van der Waals surface area contributed by atoms with Crippen molar-refractivity contribution in [1.82, 2.24) is 15.4 Å². The van der Waals surface area contributed by atoms with E-state index in [-0.39, 0.29) is 16.5 Å². The van der Waals surface area contributed by atoms with E-state index in [1.54, 1.807) is 12.3 Å². The number of nitrogens with one attached hydrogen (secondary N) is 1. The molecule has 1 unspecified atom stereocenters. The van der Waals surface area contributed by atoms with Gasteiger partial charge in [-0.2, -0.15) is 0 Å². The molecule has 1 aromatic heterocycles. The van der Waals surface area contributed by atoms with Gasteiger partial charge >= 0.3 is 0 Å². The highest BCUT2D eigenvalue weighted by Crippen LogP contribution is 2.25. The zero-order valence-corrected chi connectivity index (χ0v) is 11.4. The molecule has 0 aliphatic heterocycles. The Morgan fingerprint density at radius 3 is 2.74 bits per heavy atom. The third-order valence-electron chi connectivity index (χ3n) is 2.71. The maximum Gasteiger partial charge on any atom is 0.143 e. The number of aromatic nitrogens is 2. The van der Waals surface area contributed by atoms with E-state index in [1.165, 1.54) is 18.5 Å². The highest BCUT2D eigenvalue weighted by Gasteiger charge is 2.19. The van der Waals surface area contributed by atoms with E-state index in [0.29, 0.717) is 5.69 Å². The molecule has 1 aromatic carbocycles. The molecule has 3 N–H and O–H groups in total. The Balaban J connectivity index is 2.32. The molecule has 2 rings (SSSR count). The highest BCUT2D eigenvalue weighted by atomic mass is 79.9. The van der Waals surface area contributed by atoms with Crippen LogP contribution in [-0.4, -0.2) is 9.97 Å². The second-order valence-corrected chi connectivity index (χ2v) is 4.73. The van der Waals surface area contributed by atoms with Gasteiger partial charge in [0.1, 0.15) is 18.0 Å². The Morgan fingerprint density at radius 2 is 2.11 bits per heavy atom. The smallest absolute Gasteiger partial charge is 0.143 e. The second-order valence-electron chi connectivity index (χ2n) is 3.88. The summed E-state index contributed by atoms with van der Waals surface area (Å²) in [7, 11) is 0. The van der Waals surface area contributed by atoms with Crippen LogP contribution in [0.15, 0.2) is 35.2 Å². The van der Waals surface area contributed by atoms with Crippen LogP contribution in [0, 0.1) is 11.6 Å². The second kappa shape index (κ2) is 6.14. The molecule has 4 nitrogen and oxygen atoms in total. The average Bonchev–Trinajstić information content (AvgIpc) is 2.44. The molecule has 0 saturated heterocycles. The molecule has 0 radical (unpaired) electrons. The molecule has 0 spiro atoms. The van der Waals surface area contributed by atoms with Crippen molar-refractivity contribution in [2.75, 3.05) is 0 Å². The normalized spacial score (nSPS) is 12.4. The topological polar surface area (TPSA) is 63.8 Å². The molecule has 0 aliphatic rings. The molecule has 1 atom stereocenters. The van der Waals surface area contributed by atoms with Gasteiger partial charge in [-0.05, 0) is 34.1 Å². The van der Waals surface area contributed by atoms with Gasteiger partial charge in [0.15, 0.2) is 0 Å². The number of nitrogens with two attached hydrogens (primary N) is 1. The van der Waals surface area contributed by atoms with Crippen molar-refractivity contribution >= 4 is 15.9 Å². The maximum absolute atomic E-state index is 13.9. The standard InChI is InChI=1S/C12H11BrF2N4/c13-8-1-2-9(14)7(12(8)15)5-11(19-16)10-3-4-17-6-18-10/h1-4,6,11,19H,5,16H2. The number of nitrogens with zero attached hydrogens (tertiary/aromatic N) is 2. The first kappa shape index (κ1) is 14.0. The SMILES string of the molecule is NNC(Cc1c(F)ccc(Br)c1F)c1ccncn1. The van der Waals surface area contributed by atoms with Gasteiger partial charge in [0.05, 0.1) is 16.2 Å². The summed E-state index contributed by atoms with van der Waals surface area (Å²) in [4.78, 5) is 7.80. The minimum absolute atomic E-state index is 0.0454. The third kappa shape index (κ3) is 3.12. The largest absolute Gasteiger partial charge is 0.271 e. The molecule has 1 heterocycles. The molecule has 19 heavy (non-hydrogen) atoms. The number of hydrazine groups is 1. The van der Waals surface area contributed by atoms with Crippen molar-refractivity contribution in [2.45, 2.75) is 12.5 Å². The fourth-order valence-electron chi connectivity index (χ4n) is 1.72. The van der Waals surface area contributed by atoms with Gasteiger partial charge in [0.25, 0.3) is 0 Å². The van der Waals surface area contributed by atoms with E-state index in [2.05, 4.69) is 31.3 Å². The third-order valence-corrected chi connectivity index (χ3v) is 3.32. The number of halogens is 3.